The molecule has 1 aromatic heterocycles. The van der Waals surface area contributed by atoms with Crippen LogP contribution in [0.5, 0.6) is 5.75 Å². The number of phenols is 1. The van der Waals surface area contributed by atoms with Crippen molar-refractivity contribution in [1.82, 2.24) is 15.0 Å². The molecule has 2 atom stereocenters. The first-order valence-electron chi connectivity index (χ1n) is 10.4. The van der Waals surface area contributed by atoms with Crippen LogP contribution in [-0.2, 0) is 17.8 Å². The standard InChI is InChI=1S/C24H31N3O3/c1-17(2)16-29-19(4)24-25-23(30-26-24)15-27(14-21-12-8-9-13-22(21)28)18(3)20-10-6-5-7-11-20/h5-13,17-19,28H,14-16H2,1-4H3/t18-,19+/m1/s1. The van der Waals surface area contributed by atoms with E-state index in [1.807, 2.05) is 43.3 Å². The second kappa shape index (κ2) is 10.4. The summed E-state index contributed by atoms with van der Waals surface area (Å²) in [5.74, 6) is 1.81. The molecule has 0 unspecified atom stereocenters. The summed E-state index contributed by atoms with van der Waals surface area (Å²) in [4.78, 5) is 6.77. The van der Waals surface area contributed by atoms with Gasteiger partial charge in [-0.15, -0.1) is 0 Å². The highest BCUT2D eigenvalue weighted by atomic mass is 16.5. The Hall–Kier alpha value is -2.70. The highest BCUT2D eigenvalue weighted by Gasteiger charge is 2.22. The molecule has 0 fully saturated rings. The average Bonchev–Trinajstić information content (AvgIpc) is 3.22. The third kappa shape index (κ3) is 5.90. The average molecular weight is 410 g/mol. The van der Waals surface area contributed by atoms with Crippen molar-refractivity contribution in [2.45, 2.75) is 52.9 Å². The van der Waals surface area contributed by atoms with Crippen molar-refractivity contribution in [3.05, 3.63) is 77.4 Å². The Bertz CT molecular complexity index is 911. The Kier molecular flexibility index (Phi) is 7.60. The molecule has 6 heteroatoms. The van der Waals surface area contributed by atoms with Crippen molar-refractivity contribution in [3.8, 4) is 5.75 Å². The second-order valence-corrected chi connectivity index (χ2v) is 8.04. The lowest BCUT2D eigenvalue weighted by Crippen LogP contribution is -2.26. The molecule has 3 aromatic rings. The molecule has 1 heterocycles. The van der Waals surface area contributed by atoms with E-state index in [2.05, 4.69) is 47.9 Å². The van der Waals surface area contributed by atoms with Gasteiger partial charge in [0.1, 0.15) is 11.9 Å². The largest absolute Gasteiger partial charge is 0.508 e. The molecule has 30 heavy (non-hydrogen) atoms. The summed E-state index contributed by atoms with van der Waals surface area (Å²) in [7, 11) is 0. The van der Waals surface area contributed by atoms with Crippen LogP contribution >= 0.6 is 0 Å². The van der Waals surface area contributed by atoms with Gasteiger partial charge in [0.2, 0.25) is 5.89 Å². The molecule has 0 bridgehead atoms. The van der Waals surface area contributed by atoms with Gasteiger partial charge in [0.25, 0.3) is 0 Å². The van der Waals surface area contributed by atoms with Crippen LogP contribution in [0.3, 0.4) is 0 Å². The molecule has 0 aliphatic carbocycles. The number of rotatable bonds is 10. The lowest BCUT2D eigenvalue weighted by Gasteiger charge is -2.28. The zero-order valence-corrected chi connectivity index (χ0v) is 18.2. The molecule has 0 aliphatic rings. The Morgan fingerprint density at radius 3 is 2.37 bits per heavy atom. The SMILES string of the molecule is CC(C)CO[C@@H](C)c1noc(CN(Cc2ccccc2O)[C@H](C)c2ccccc2)n1. The van der Waals surface area contributed by atoms with Crippen molar-refractivity contribution in [1.29, 1.82) is 0 Å². The third-order valence-electron chi connectivity index (χ3n) is 5.06. The van der Waals surface area contributed by atoms with Crippen molar-refractivity contribution in [3.63, 3.8) is 0 Å². The fraction of sp³-hybridized carbons (Fsp3) is 0.417. The monoisotopic (exact) mass is 409 g/mol. The Balaban J connectivity index is 1.78. The van der Waals surface area contributed by atoms with E-state index in [9.17, 15) is 5.11 Å². The van der Waals surface area contributed by atoms with Crippen LogP contribution in [-0.4, -0.2) is 26.8 Å². The quantitative estimate of drug-likeness (QED) is 0.492. The van der Waals surface area contributed by atoms with E-state index in [-0.39, 0.29) is 17.9 Å². The van der Waals surface area contributed by atoms with E-state index in [0.29, 0.717) is 37.3 Å². The fourth-order valence-corrected chi connectivity index (χ4v) is 3.22. The van der Waals surface area contributed by atoms with Gasteiger partial charge in [-0.25, -0.2) is 0 Å². The topological polar surface area (TPSA) is 71.6 Å². The third-order valence-corrected chi connectivity index (χ3v) is 5.06. The molecular formula is C24H31N3O3. The number of benzene rings is 2. The van der Waals surface area contributed by atoms with Gasteiger partial charge in [-0.3, -0.25) is 4.90 Å². The summed E-state index contributed by atoms with van der Waals surface area (Å²) in [6.07, 6.45) is -0.219. The Morgan fingerprint density at radius 1 is 0.967 bits per heavy atom. The first-order chi connectivity index (χ1) is 14.4. The van der Waals surface area contributed by atoms with Crippen molar-refractivity contribution in [2.24, 2.45) is 5.92 Å². The molecule has 6 nitrogen and oxygen atoms in total. The smallest absolute Gasteiger partial charge is 0.240 e. The van der Waals surface area contributed by atoms with E-state index in [1.165, 1.54) is 5.56 Å². The van der Waals surface area contributed by atoms with Crippen LogP contribution in [0.15, 0.2) is 59.1 Å². The van der Waals surface area contributed by atoms with E-state index < -0.39 is 0 Å². The summed E-state index contributed by atoms with van der Waals surface area (Å²) in [6.45, 7) is 9.96. The predicted molar refractivity (Wildman–Crippen MR) is 116 cm³/mol. The van der Waals surface area contributed by atoms with Crippen LogP contribution in [0.4, 0.5) is 0 Å². The number of aromatic nitrogens is 2. The van der Waals surface area contributed by atoms with Gasteiger partial charge >= 0.3 is 0 Å². The Morgan fingerprint density at radius 2 is 1.67 bits per heavy atom. The lowest BCUT2D eigenvalue weighted by atomic mass is 10.1. The maximum absolute atomic E-state index is 10.3. The summed E-state index contributed by atoms with van der Waals surface area (Å²) in [5, 5.41) is 14.4. The summed E-state index contributed by atoms with van der Waals surface area (Å²) >= 11 is 0. The molecule has 0 spiro atoms. The number of hydrogen-bond acceptors (Lipinski definition) is 6. The summed E-state index contributed by atoms with van der Waals surface area (Å²) < 4.78 is 11.3. The van der Waals surface area contributed by atoms with E-state index in [4.69, 9.17) is 9.26 Å². The van der Waals surface area contributed by atoms with Gasteiger partial charge in [-0.2, -0.15) is 4.98 Å². The number of hydrogen-bond donors (Lipinski definition) is 1. The zero-order chi connectivity index (χ0) is 21.5. The van der Waals surface area contributed by atoms with E-state index >= 15 is 0 Å². The van der Waals surface area contributed by atoms with E-state index in [0.717, 1.165) is 5.56 Å². The first kappa shape index (κ1) is 22.0. The van der Waals surface area contributed by atoms with Gasteiger partial charge in [0.05, 0.1) is 6.54 Å². The van der Waals surface area contributed by atoms with Crippen LogP contribution in [0, 0.1) is 5.92 Å². The molecule has 2 aromatic carbocycles. The molecule has 1 N–H and O–H groups in total. The van der Waals surface area contributed by atoms with Crippen LogP contribution in [0.1, 0.15) is 62.7 Å². The maximum atomic E-state index is 10.3. The fourth-order valence-electron chi connectivity index (χ4n) is 3.22. The van der Waals surface area contributed by atoms with Gasteiger partial charge < -0.3 is 14.4 Å². The first-order valence-corrected chi connectivity index (χ1v) is 10.4. The molecule has 160 valence electrons. The normalized spacial score (nSPS) is 13.7. The van der Waals surface area contributed by atoms with Gasteiger partial charge in [-0.05, 0) is 31.4 Å². The number of ether oxygens (including phenoxy) is 1. The van der Waals surface area contributed by atoms with Crippen LogP contribution in [0.25, 0.3) is 0 Å². The molecule has 0 amide bonds. The molecule has 3 rings (SSSR count). The number of phenolic OH excluding ortho intramolecular Hbond substituents is 1. The summed E-state index contributed by atoms with van der Waals surface area (Å²) in [6, 6.07) is 17.8. The second-order valence-electron chi connectivity index (χ2n) is 8.04. The molecular weight excluding hydrogens is 378 g/mol. The van der Waals surface area contributed by atoms with Crippen molar-refractivity contribution < 1.29 is 14.4 Å². The van der Waals surface area contributed by atoms with Gasteiger partial charge in [-0.1, -0.05) is 67.5 Å². The van der Waals surface area contributed by atoms with Crippen LogP contribution in [0.2, 0.25) is 0 Å². The van der Waals surface area contributed by atoms with E-state index in [1.54, 1.807) is 6.07 Å². The van der Waals surface area contributed by atoms with Crippen molar-refractivity contribution >= 4 is 0 Å². The number of para-hydroxylation sites is 1. The molecule has 0 radical (unpaired) electrons. The van der Waals surface area contributed by atoms with Crippen molar-refractivity contribution in [2.75, 3.05) is 6.61 Å². The zero-order valence-electron chi connectivity index (χ0n) is 18.2. The molecule has 0 saturated carbocycles. The minimum Gasteiger partial charge on any atom is -0.508 e. The van der Waals surface area contributed by atoms with Gasteiger partial charge in [0, 0.05) is 24.8 Å². The Labute approximate surface area is 178 Å². The highest BCUT2D eigenvalue weighted by molar-refractivity contribution is 5.32. The highest BCUT2D eigenvalue weighted by Crippen LogP contribution is 2.27. The molecule has 0 saturated heterocycles. The molecule has 0 aliphatic heterocycles. The van der Waals surface area contributed by atoms with Gasteiger partial charge in [0.15, 0.2) is 5.82 Å². The lowest BCUT2D eigenvalue weighted by molar-refractivity contribution is 0.0402. The predicted octanol–water partition coefficient (Wildman–Crippen LogP) is 5.27. The minimum atomic E-state index is -0.219. The maximum Gasteiger partial charge on any atom is 0.240 e. The minimum absolute atomic E-state index is 0.0933. The summed E-state index contributed by atoms with van der Waals surface area (Å²) in [5.41, 5.74) is 2.04. The van der Waals surface area contributed by atoms with Crippen LogP contribution < -0.4 is 0 Å². The number of aromatic hydroxyl groups is 1. The number of nitrogens with zero attached hydrogens (tertiary/aromatic N) is 3.